The lowest BCUT2D eigenvalue weighted by Gasteiger charge is -2.31. The van der Waals surface area contributed by atoms with E-state index in [0.717, 1.165) is 57.3 Å². The zero-order chi connectivity index (χ0) is 20.0. The van der Waals surface area contributed by atoms with E-state index in [1.807, 2.05) is 12.3 Å². The van der Waals surface area contributed by atoms with Crippen LogP contribution in [0.2, 0.25) is 0 Å². The molecule has 3 aliphatic heterocycles. The first kappa shape index (κ1) is 18.8. The molecule has 0 spiro atoms. The number of fused-ring (bicyclic) bond motifs is 1. The van der Waals surface area contributed by atoms with E-state index in [0.29, 0.717) is 17.9 Å². The number of rotatable bonds is 3. The van der Waals surface area contributed by atoms with Crippen LogP contribution in [-0.2, 0) is 0 Å². The average Bonchev–Trinajstić information content (AvgIpc) is 3.26. The lowest BCUT2D eigenvalue weighted by atomic mass is 9.88. The van der Waals surface area contributed by atoms with Gasteiger partial charge in [-0.3, -0.25) is 4.90 Å². The molecule has 5 rings (SSSR count). The van der Waals surface area contributed by atoms with Crippen molar-refractivity contribution in [2.24, 2.45) is 11.8 Å². The quantitative estimate of drug-likeness (QED) is 0.865. The highest BCUT2D eigenvalue weighted by Crippen LogP contribution is 2.45. The molecule has 6 heteroatoms. The van der Waals surface area contributed by atoms with Gasteiger partial charge in [0.05, 0.1) is 6.10 Å². The third kappa shape index (κ3) is 3.49. The molecule has 0 aliphatic carbocycles. The fourth-order valence-electron chi connectivity index (χ4n) is 5.57. The Bertz CT molecular complexity index is 866. The van der Waals surface area contributed by atoms with Gasteiger partial charge in [-0.25, -0.2) is 4.98 Å². The highest BCUT2D eigenvalue weighted by Gasteiger charge is 2.47. The van der Waals surface area contributed by atoms with Gasteiger partial charge in [0.1, 0.15) is 5.82 Å². The van der Waals surface area contributed by atoms with E-state index in [4.69, 9.17) is 4.98 Å². The molecule has 29 heavy (non-hydrogen) atoms. The molecule has 1 aromatic heterocycles. The van der Waals surface area contributed by atoms with Crippen molar-refractivity contribution in [1.82, 2.24) is 14.9 Å². The number of piperidine rings is 1. The minimum Gasteiger partial charge on any atom is -0.393 e. The molecule has 0 radical (unpaired) electrons. The SMILES string of the molecule is Cc1ccccc1[C@@H]1[C@@H]2CN(c3nccc(N4CCC(O)CC4)n3)C[C@@H]2CN1C. The van der Waals surface area contributed by atoms with Gasteiger partial charge in [0.2, 0.25) is 5.95 Å². The first-order valence-corrected chi connectivity index (χ1v) is 10.9. The number of likely N-dealkylation sites (tertiary alicyclic amines) is 1. The van der Waals surface area contributed by atoms with Gasteiger partial charge < -0.3 is 14.9 Å². The van der Waals surface area contributed by atoms with E-state index in [-0.39, 0.29) is 6.10 Å². The second-order valence-corrected chi connectivity index (χ2v) is 9.00. The molecule has 2 aromatic rings. The summed E-state index contributed by atoms with van der Waals surface area (Å²) in [4.78, 5) is 16.7. The van der Waals surface area contributed by atoms with Crippen molar-refractivity contribution in [2.75, 3.05) is 49.6 Å². The largest absolute Gasteiger partial charge is 0.393 e. The summed E-state index contributed by atoms with van der Waals surface area (Å²) in [5.41, 5.74) is 2.85. The van der Waals surface area contributed by atoms with Gasteiger partial charge in [0, 0.05) is 50.9 Å². The predicted molar refractivity (Wildman–Crippen MR) is 115 cm³/mol. The number of hydrogen-bond acceptors (Lipinski definition) is 6. The van der Waals surface area contributed by atoms with Gasteiger partial charge in [-0.05, 0) is 49.9 Å². The van der Waals surface area contributed by atoms with Crippen LogP contribution < -0.4 is 9.80 Å². The van der Waals surface area contributed by atoms with Crippen LogP contribution in [0.1, 0.15) is 30.0 Å². The number of aliphatic hydroxyl groups is 1. The summed E-state index contributed by atoms with van der Waals surface area (Å²) in [5.74, 6) is 3.11. The Hall–Kier alpha value is -2.18. The predicted octanol–water partition coefficient (Wildman–Crippen LogP) is 2.49. The summed E-state index contributed by atoms with van der Waals surface area (Å²) >= 11 is 0. The van der Waals surface area contributed by atoms with Crippen molar-refractivity contribution in [3.63, 3.8) is 0 Å². The third-order valence-corrected chi connectivity index (χ3v) is 7.10. The summed E-state index contributed by atoms with van der Waals surface area (Å²) < 4.78 is 0. The summed E-state index contributed by atoms with van der Waals surface area (Å²) in [6.45, 7) is 7.12. The number of aryl methyl sites for hydroxylation is 1. The molecule has 154 valence electrons. The van der Waals surface area contributed by atoms with Gasteiger partial charge in [0.15, 0.2) is 0 Å². The molecule has 1 aromatic carbocycles. The number of anilines is 2. The number of benzene rings is 1. The molecule has 0 saturated carbocycles. The molecular formula is C23H31N5O. The van der Waals surface area contributed by atoms with Crippen LogP contribution in [0.4, 0.5) is 11.8 Å². The lowest BCUT2D eigenvalue weighted by Crippen LogP contribution is -2.36. The number of aromatic nitrogens is 2. The van der Waals surface area contributed by atoms with Crippen molar-refractivity contribution in [3.8, 4) is 0 Å². The molecule has 3 saturated heterocycles. The Labute approximate surface area is 173 Å². The minimum atomic E-state index is -0.166. The highest BCUT2D eigenvalue weighted by atomic mass is 16.3. The second-order valence-electron chi connectivity index (χ2n) is 9.00. The lowest BCUT2D eigenvalue weighted by molar-refractivity contribution is 0.145. The Kier molecular flexibility index (Phi) is 4.92. The summed E-state index contributed by atoms with van der Waals surface area (Å²) in [6.07, 6.45) is 3.36. The van der Waals surface area contributed by atoms with Gasteiger partial charge in [-0.1, -0.05) is 24.3 Å². The molecule has 1 N–H and O–H groups in total. The van der Waals surface area contributed by atoms with Gasteiger partial charge in [-0.2, -0.15) is 4.98 Å². The van der Waals surface area contributed by atoms with Crippen molar-refractivity contribution in [3.05, 3.63) is 47.7 Å². The van der Waals surface area contributed by atoms with Gasteiger partial charge in [0.25, 0.3) is 0 Å². The molecule has 3 fully saturated rings. The fourth-order valence-corrected chi connectivity index (χ4v) is 5.57. The van der Waals surface area contributed by atoms with Crippen molar-refractivity contribution >= 4 is 11.8 Å². The first-order chi connectivity index (χ1) is 14.1. The molecule has 0 unspecified atom stereocenters. The van der Waals surface area contributed by atoms with E-state index >= 15 is 0 Å². The third-order valence-electron chi connectivity index (χ3n) is 7.10. The summed E-state index contributed by atoms with van der Waals surface area (Å²) in [5, 5.41) is 9.78. The highest BCUT2D eigenvalue weighted by molar-refractivity contribution is 5.45. The normalized spacial score (nSPS) is 28.2. The van der Waals surface area contributed by atoms with E-state index in [1.165, 1.54) is 11.1 Å². The molecule has 0 amide bonds. The first-order valence-electron chi connectivity index (χ1n) is 10.9. The smallest absolute Gasteiger partial charge is 0.227 e. The van der Waals surface area contributed by atoms with Crippen LogP contribution in [0.15, 0.2) is 36.5 Å². The number of hydrogen-bond donors (Lipinski definition) is 1. The maximum atomic E-state index is 9.78. The topological polar surface area (TPSA) is 55.7 Å². The summed E-state index contributed by atoms with van der Waals surface area (Å²) in [6, 6.07) is 11.3. The van der Waals surface area contributed by atoms with E-state index < -0.39 is 0 Å². The van der Waals surface area contributed by atoms with Gasteiger partial charge >= 0.3 is 0 Å². The molecule has 4 heterocycles. The standard InChI is InChI=1S/C23H31N5O/c1-16-5-3-4-6-19(16)22-20-15-28(14-17(20)13-26(22)2)23-24-10-7-21(25-23)27-11-8-18(29)9-12-27/h3-7,10,17-18,20,22,29H,8-9,11-15H2,1-2H3/t17-,20+,22+/m0/s1. The Morgan fingerprint density at radius 1 is 1.00 bits per heavy atom. The zero-order valence-corrected chi connectivity index (χ0v) is 17.4. The van der Waals surface area contributed by atoms with Crippen LogP contribution in [0, 0.1) is 18.8 Å². The number of nitrogens with zero attached hydrogens (tertiary/aromatic N) is 5. The fraction of sp³-hybridized carbons (Fsp3) is 0.565. The molecule has 0 bridgehead atoms. The molecule has 3 aliphatic rings. The molecular weight excluding hydrogens is 362 g/mol. The minimum absolute atomic E-state index is 0.166. The van der Waals surface area contributed by atoms with Crippen molar-refractivity contribution in [1.29, 1.82) is 0 Å². The average molecular weight is 394 g/mol. The Morgan fingerprint density at radius 3 is 2.59 bits per heavy atom. The van der Waals surface area contributed by atoms with E-state index in [1.54, 1.807) is 0 Å². The Morgan fingerprint density at radius 2 is 1.79 bits per heavy atom. The maximum absolute atomic E-state index is 9.78. The zero-order valence-electron chi connectivity index (χ0n) is 17.4. The van der Waals surface area contributed by atoms with E-state index in [2.05, 4.69) is 57.9 Å². The summed E-state index contributed by atoms with van der Waals surface area (Å²) in [7, 11) is 2.27. The van der Waals surface area contributed by atoms with Crippen LogP contribution in [0.3, 0.4) is 0 Å². The monoisotopic (exact) mass is 393 g/mol. The van der Waals surface area contributed by atoms with Crippen LogP contribution in [-0.4, -0.2) is 65.8 Å². The van der Waals surface area contributed by atoms with Crippen molar-refractivity contribution < 1.29 is 5.11 Å². The van der Waals surface area contributed by atoms with Crippen LogP contribution >= 0.6 is 0 Å². The van der Waals surface area contributed by atoms with Crippen LogP contribution in [0.25, 0.3) is 0 Å². The number of aliphatic hydroxyl groups excluding tert-OH is 1. The maximum Gasteiger partial charge on any atom is 0.227 e. The van der Waals surface area contributed by atoms with Crippen LogP contribution in [0.5, 0.6) is 0 Å². The van der Waals surface area contributed by atoms with Crippen molar-refractivity contribution in [2.45, 2.75) is 31.9 Å². The van der Waals surface area contributed by atoms with Gasteiger partial charge in [-0.15, -0.1) is 0 Å². The second kappa shape index (κ2) is 7.58. The van der Waals surface area contributed by atoms with E-state index in [9.17, 15) is 5.11 Å². The Balaban J connectivity index is 1.35. The molecule has 6 nitrogen and oxygen atoms in total. The molecule has 3 atom stereocenters.